The van der Waals surface area contributed by atoms with Crippen LogP contribution < -0.4 is 0 Å². The van der Waals surface area contributed by atoms with Gasteiger partial charge in [-0.25, -0.2) is 9.67 Å². The van der Waals surface area contributed by atoms with Crippen molar-refractivity contribution in [3.63, 3.8) is 0 Å². The third-order valence-electron chi connectivity index (χ3n) is 1.09. The molecule has 0 unspecified atom stereocenters. The first-order valence-corrected chi connectivity index (χ1v) is 3.72. The van der Waals surface area contributed by atoms with Crippen molar-refractivity contribution in [1.29, 1.82) is 0 Å². The first-order valence-electron chi connectivity index (χ1n) is 2.93. The minimum Gasteiger partial charge on any atom is -0.248 e. The Labute approximate surface area is 67.9 Å². The van der Waals surface area contributed by atoms with Crippen LogP contribution in [-0.2, 0) is 7.05 Å². The van der Waals surface area contributed by atoms with Gasteiger partial charge in [-0.15, -0.1) is 5.10 Å². The van der Waals surface area contributed by atoms with Gasteiger partial charge in [-0.2, -0.15) is 0 Å². The summed E-state index contributed by atoms with van der Waals surface area (Å²) in [5.41, 5.74) is 0. The molecule has 10 heavy (non-hydrogen) atoms. The van der Waals surface area contributed by atoms with Crippen molar-refractivity contribution in [3.05, 3.63) is 16.6 Å². The standard InChI is InChI=1S/C6H8BrN3/c1-3-4-5-8-6(7)9-10(5)2/h3-4H,1-2H3/b4-3-. The molecule has 0 radical (unpaired) electrons. The number of aromatic nitrogens is 3. The molecule has 4 heteroatoms. The fraction of sp³-hybridized carbons (Fsp3) is 0.333. The highest BCUT2D eigenvalue weighted by atomic mass is 79.9. The number of hydrogen-bond acceptors (Lipinski definition) is 2. The Morgan fingerprint density at radius 1 is 1.60 bits per heavy atom. The molecule has 54 valence electrons. The van der Waals surface area contributed by atoms with Gasteiger partial charge in [0.1, 0.15) is 0 Å². The quantitative estimate of drug-likeness (QED) is 0.692. The van der Waals surface area contributed by atoms with Gasteiger partial charge in [0.15, 0.2) is 5.82 Å². The van der Waals surface area contributed by atoms with Crippen molar-refractivity contribution in [1.82, 2.24) is 14.8 Å². The molecular weight excluding hydrogens is 194 g/mol. The highest BCUT2D eigenvalue weighted by molar-refractivity contribution is 9.10. The Morgan fingerprint density at radius 2 is 2.30 bits per heavy atom. The first kappa shape index (κ1) is 7.47. The SMILES string of the molecule is C/C=C\c1nc(Br)nn1C. The van der Waals surface area contributed by atoms with Crippen LogP contribution in [0.1, 0.15) is 12.7 Å². The maximum absolute atomic E-state index is 4.08. The van der Waals surface area contributed by atoms with Gasteiger partial charge < -0.3 is 0 Å². The maximum Gasteiger partial charge on any atom is 0.217 e. The monoisotopic (exact) mass is 201 g/mol. The molecule has 1 heterocycles. The van der Waals surface area contributed by atoms with Gasteiger partial charge in [-0.1, -0.05) is 6.08 Å². The summed E-state index contributed by atoms with van der Waals surface area (Å²) in [4.78, 5) is 4.08. The Balaban J connectivity index is 3.03. The van der Waals surface area contributed by atoms with Crippen LogP contribution in [0, 0.1) is 0 Å². The highest BCUT2D eigenvalue weighted by Crippen LogP contribution is 2.04. The van der Waals surface area contributed by atoms with Gasteiger partial charge in [0.25, 0.3) is 0 Å². The summed E-state index contributed by atoms with van der Waals surface area (Å²) in [6, 6.07) is 0. The topological polar surface area (TPSA) is 30.7 Å². The van der Waals surface area contributed by atoms with Gasteiger partial charge in [0, 0.05) is 7.05 Å². The Bertz CT molecular complexity index is 251. The Hall–Kier alpha value is -0.640. The predicted molar refractivity (Wildman–Crippen MR) is 43.4 cm³/mol. The molecule has 0 saturated heterocycles. The number of aryl methyl sites for hydroxylation is 1. The highest BCUT2D eigenvalue weighted by Gasteiger charge is 1.98. The van der Waals surface area contributed by atoms with E-state index in [1.807, 2.05) is 26.1 Å². The van der Waals surface area contributed by atoms with E-state index in [4.69, 9.17) is 0 Å². The van der Waals surface area contributed by atoms with E-state index in [9.17, 15) is 0 Å². The average Bonchev–Trinajstić information content (AvgIpc) is 2.13. The zero-order valence-corrected chi connectivity index (χ0v) is 7.46. The third-order valence-corrected chi connectivity index (χ3v) is 1.42. The van der Waals surface area contributed by atoms with Crippen LogP contribution >= 0.6 is 15.9 Å². The lowest BCUT2D eigenvalue weighted by Gasteiger charge is -1.87. The number of halogens is 1. The number of hydrogen-bond donors (Lipinski definition) is 0. The molecule has 1 aromatic heterocycles. The molecular formula is C6H8BrN3. The van der Waals surface area contributed by atoms with Gasteiger partial charge in [0.2, 0.25) is 4.73 Å². The molecule has 0 spiro atoms. The van der Waals surface area contributed by atoms with E-state index in [0.717, 1.165) is 5.82 Å². The fourth-order valence-electron chi connectivity index (χ4n) is 0.658. The zero-order valence-electron chi connectivity index (χ0n) is 5.87. The van der Waals surface area contributed by atoms with Gasteiger partial charge in [-0.05, 0) is 28.9 Å². The normalized spacial score (nSPS) is 11.1. The third kappa shape index (κ3) is 1.44. The number of nitrogens with zero attached hydrogens (tertiary/aromatic N) is 3. The lowest BCUT2D eigenvalue weighted by molar-refractivity contribution is 0.751. The summed E-state index contributed by atoms with van der Waals surface area (Å²) in [7, 11) is 1.85. The summed E-state index contributed by atoms with van der Waals surface area (Å²) in [6.45, 7) is 1.95. The first-order chi connectivity index (χ1) is 4.74. The van der Waals surface area contributed by atoms with Crippen LogP contribution in [0.4, 0.5) is 0 Å². The van der Waals surface area contributed by atoms with E-state index in [2.05, 4.69) is 26.0 Å². The second-order valence-corrected chi connectivity index (χ2v) is 2.57. The molecule has 0 aromatic carbocycles. The minimum absolute atomic E-state index is 0.628. The molecule has 0 aliphatic heterocycles. The lowest BCUT2D eigenvalue weighted by Crippen LogP contribution is -1.92. The van der Waals surface area contributed by atoms with Crippen molar-refractivity contribution in [2.45, 2.75) is 6.92 Å². The fourth-order valence-corrected chi connectivity index (χ4v) is 1.08. The summed E-state index contributed by atoms with van der Waals surface area (Å²) in [6.07, 6.45) is 3.83. The van der Waals surface area contributed by atoms with Crippen LogP contribution in [0.25, 0.3) is 6.08 Å². The van der Waals surface area contributed by atoms with Crippen molar-refractivity contribution in [2.24, 2.45) is 7.05 Å². The molecule has 0 aliphatic rings. The maximum atomic E-state index is 4.08. The van der Waals surface area contributed by atoms with E-state index < -0.39 is 0 Å². The second kappa shape index (κ2) is 2.96. The molecule has 3 nitrogen and oxygen atoms in total. The Kier molecular flexibility index (Phi) is 2.21. The minimum atomic E-state index is 0.628. The van der Waals surface area contributed by atoms with Crippen molar-refractivity contribution in [2.75, 3.05) is 0 Å². The molecule has 0 bridgehead atoms. The summed E-state index contributed by atoms with van der Waals surface area (Å²) in [5.74, 6) is 0.856. The predicted octanol–water partition coefficient (Wildman–Crippen LogP) is 1.61. The van der Waals surface area contributed by atoms with Crippen LogP contribution in [0.15, 0.2) is 10.8 Å². The van der Waals surface area contributed by atoms with Crippen LogP contribution in [-0.4, -0.2) is 14.8 Å². The molecule has 0 saturated carbocycles. The molecule has 0 amide bonds. The van der Waals surface area contributed by atoms with Crippen molar-refractivity contribution in [3.8, 4) is 0 Å². The summed E-state index contributed by atoms with van der Waals surface area (Å²) < 4.78 is 2.34. The molecule has 1 aromatic rings. The second-order valence-electron chi connectivity index (χ2n) is 1.86. The summed E-state index contributed by atoms with van der Waals surface area (Å²) in [5, 5.41) is 4.00. The van der Waals surface area contributed by atoms with Crippen molar-refractivity contribution < 1.29 is 0 Å². The van der Waals surface area contributed by atoms with E-state index in [0.29, 0.717) is 4.73 Å². The van der Waals surface area contributed by atoms with E-state index >= 15 is 0 Å². The zero-order chi connectivity index (χ0) is 7.56. The van der Waals surface area contributed by atoms with Crippen molar-refractivity contribution >= 4 is 22.0 Å². The molecule has 0 atom stereocenters. The van der Waals surface area contributed by atoms with E-state index in [1.54, 1.807) is 4.68 Å². The van der Waals surface area contributed by atoms with Gasteiger partial charge in [-0.3, -0.25) is 0 Å². The summed E-state index contributed by atoms with van der Waals surface area (Å²) >= 11 is 3.18. The van der Waals surface area contributed by atoms with Crippen LogP contribution in [0.3, 0.4) is 0 Å². The number of rotatable bonds is 1. The van der Waals surface area contributed by atoms with Crippen LogP contribution in [0.5, 0.6) is 0 Å². The van der Waals surface area contributed by atoms with E-state index in [-0.39, 0.29) is 0 Å². The molecule has 0 aliphatic carbocycles. The smallest absolute Gasteiger partial charge is 0.217 e. The molecule has 0 N–H and O–H groups in total. The lowest BCUT2D eigenvalue weighted by atomic mass is 10.5. The molecule has 0 fully saturated rings. The Morgan fingerprint density at radius 3 is 2.70 bits per heavy atom. The van der Waals surface area contributed by atoms with E-state index in [1.165, 1.54) is 0 Å². The van der Waals surface area contributed by atoms with Crippen LogP contribution in [0.2, 0.25) is 0 Å². The number of allylic oxidation sites excluding steroid dienone is 1. The largest absolute Gasteiger partial charge is 0.248 e. The van der Waals surface area contributed by atoms with Gasteiger partial charge >= 0.3 is 0 Å². The van der Waals surface area contributed by atoms with Gasteiger partial charge in [0.05, 0.1) is 0 Å². The average molecular weight is 202 g/mol. The molecule has 1 rings (SSSR count).